The standard InChI is InChI=1S/C20H25N3O4S/c1-13(2)19(25)27-12-22-10-6-14-15(18(22)24)4-3-5-16(14)28(26)23-11-7-17(21)20(23)8-9-20/h3-6,10,13,17H,7-9,11-12,21H2,1-2H3. The van der Waals surface area contributed by atoms with Gasteiger partial charge >= 0.3 is 5.97 Å². The Bertz CT molecular complexity index is 970. The zero-order valence-corrected chi connectivity index (χ0v) is 16.9. The van der Waals surface area contributed by atoms with Crippen LogP contribution in [0.4, 0.5) is 0 Å². The average Bonchev–Trinajstić information content (AvgIpc) is 3.41. The highest BCUT2D eigenvalue weighted by atomic mass is 32.2. The van der Waals surface area contributed by atoms with Crippen molar-refractivity contribution < 1.29 is 14.1 Å². The molecule has 2 aromatic rings. The fourth-order valence-electron chi connectivity index (χ4n) is 3.89. The van der Waals surface area contributed by atoms with Gasteiger partial charge in [0.1, 0.15) is 0 Å². The van der Waals surface area contributed by atoms with Crippen LogP contribution in [0, 0.1) is 5.92 Å². The lowest BCUT2D eigenvalue weighted by Gasteiger charge is -2.27. The molecule has 0 bridgehead atoms. The molecule has 1 aliphatic carbocycles. The van der Waals surface area contributed by atoms with E-state index in [-0.39, 0.29) is 35.8 Å². The van der Waals surface area contributed by atoms with Gasteiger partial charge in [-0.25, -0.2) is 0 Å². The Morgan fingerprint density at radius 3 is 2.79 bits per heavy atom. The monoisotopic (exact) mass is 403 g/mol. The van der Waals surface area contributed by atoms with E-state index in [0.717, 1.165) is 19.3 Å². The Hall–Kier alpha value is -1.87. The molecule has 28 heavy (non-hydrogen) atoms. The summed E-state index contributed by atoms with van der Waals surface area (Å²) >= 11 is -1.37. The van der Waals surface area contributed by atoms with Gasteiger partial charge in [-0.1, -0.05) is 19.9 Å². The molecule has 1 aromatic carbocycles. The molecular weight excluding hydrogens is 378 g/mol. The van der Waals surface area contributed by atoms with Crippen LogP contribution in [-0.4, -0.2) is 37.5 Å². The predicted molar refractivity (Wildman–Crippen MR) is 107 cm³/mol. The smallest absolute Gasteiger partial charge is 0.310 e. The third-order valence-electron chi connectivity index (χ3n) is 5.78. The molecule has 2 N–H and O–H groups in total. The van der Waals surface area contributed by atoms with Crippen molar-refractivity contribution in [1.29, 1.82) is 0 Å². The summed E-state index contributed by atoms with van der Waals surface area (Å²) in [5.41, 5.74) is 5.83. The van der Waals surface area contributed by atoms with Crippen LogP contribution in [0.1, 0.15) is 33.1 Å². The molecular formula is C20H25N3O4S. The van der Waals surface area contributed by atoms with Crippen molar-refractivity contribution in [1.82, 2.24) is 8.87 Å². The fraction of sp³-hybridized carbons (Fsp3) is 0.500. The maximum Gasteiger partial charge on any atom is 0.310 e. The van der Waals surface area contributed by atoms with Gasteiger partial charge in [0, 0.05) is 24.2 Å². The number of nitrogens with zero attached hydrogens (tertiary/aromatic N) is 2. The maximum atomic E-state index is 13.4. The summed E-state index contributed by atoms with van der Waals surface area (Å²) in [6.45, 7) is 4.05. The van der Waals surface area contributed by atoms with E-state index in [1.54, 1.807) is 44.3 Å². The minimum Gasteiger partial charge on any atom is -0.593 e. The lowest BCUT2D eigenvalue weighted by atomic mass is 10.1. The first-order chi connectivity index (χ1) is 13.3. The first kappa shape index (κ1) is 19.4. The molecule has 7 nitrogen and oxygen atoms in total. The highest BCUT2D eigenvalue weighted by Crippen LogP contribution is 2.51. The predicted octanol–water partition coefficient (Wildman–Crippen LogP) is 1.75. The summed E-state index contributed by atoms with van der Waals surface area (Å²) in [5.74, 6) is -0.617. The number of benzene rings is 1. The number of nitrogens with two attached hydrogens (primary N) is 1. The van der Waals surface area contributed by atoms with E-state index >= 15 is 0 Å². The van der Waals surface area contributed by atoms with Crippen LogP contribution in [0.25, 0.3) is 10.8 Å². The Morgan fingerprint density at radius 1 is 1.36 bits per heavy atom. The second-order valence-electron chi connectivity index (χ2n) is 7.91. The number of carbonyl (C=O) groups excluding carboxylic acids is 1. The van der Waals surface area contributed by atoms with Gasteiger partial charge in [0.15, 0.2) is 11.6 Å². The summed E-state index contributed by atoms with van der Waals surface area (Å²) in [7, 11) is 0. The number of fused-ring (bicyclic) bond motifs is 1. The van der Waals surface area contributed by atoms with Crippen LogP contribution in [0.5, 0.6) is 0 Å². The van der Waals surface area contributed by atoms with E-state index < -0.39 is 11.4 Å². The van der Waals surface area contributed by atoms with Crippen molar-refractivity contribution in [2.45, 2.75) is 56.3 Å². The number of hydrogen-bond acceptors (Lipinski definition) is 6. The Kier molecular flexibility index (Phi) is 4.99. The van der Waals surface area contributed by atoms with E-state index in [9.17, 15) is 14.1 Å². The first-order valence-electron chi connectivity index (χ1n) is 9.59. The zero-order chi connectivity index (χ0) is 20.1. The van der Waals surface area contributed by atoms with Crippen LogP contribution in [-0.2, 0) is 27.6 Å². The molecule has 2 aliphatic rings. The van der Waals surface area contributed by atoms with Gasteiger partial charge in [-0.2, -0.15) is 0 Å². The molecule has 0 amide bonds. The van der Waals surface area contributed by atoms with Crippen LogP contribution < -0.4 is 11.3 Å². The van der Waals surface area contributed by atoms with Crippen molar-refractivity contribution in [3.63, 3.8) is 0 Å². The third kappa shape index (κ3) is 3.14. The van der Waals surface area contributed by atoms with Crippen LogP contribution in [0.2, 0.25) is 0 Å². The Balaban J connectivity index is 1.65. The number of esters is 1. The van der Waals surface area contributed by atoms with Crippen molar-refractivity contribution in [2.75, 3.05) is 6.54 Å². The highest BCUT2D eigenvalue weighted by molar-refractivity contribution is 7.89. The fourth-order valence-corrected chi connectivity index (χ4v) is 5.61. The SMILES string of the molecule is CC(C)C(=O)OCn1ccc2c([S+]([O-])N3CCC(N)C34CC4)cccc2c1=O. The minimum absolute atomic E-state index is 0.0549. The number of aromatic nitrogens is 1. The quantitative estimate of drug-likeness (QED) is 0.603. The molecule has 1 saturated carbocycles. The molecule has 150 valence electrons. The maximum absolute atomic E-state index is 13.4. The average molecular weight is 404 g/mol. The van der Waals surface area contributed by atoms with Gasteiger partial charge in [0.2, 0.25) is 0 Å². The molecule has 8 heteroatoms. The number of carbonyl (C=O) groups is 1. The zero-order valence-electron chi connectivity index (χ0n) is 16.1. The molecule has 0 radical (unpaired) electrons. The lowest BCUT2D eigenvalue weighted by molar-refractivity contribution is -0.151. The van der Waals surface area contributed by atoms with E-state index in [1.807, 2.05) is 4.31 Å². The summed E-state index contributed by atoms with van der Waals surface area (Å²) in [4.78, 5) is 25.1. The molecule has 1 spiro atoms. The third-order valence-corrected chi connectivity index (χ3v) is 7.46. The van der Waals surface area contributed by atoms with Crippen LogP contribution >= 0.6 is 0 Å². The van der Waals surface area contributed by atoms with E-state index in [0.29, 0.717) is 22.2 Å². The molecule has 4 rings (SSSR count). The van der Waals surface area contributed by atoms with Gasteiger partial charge in [-0.05, 0) is 37.5 Å². The largest absolute Gasteiger partial charge is 0.593 e. The molecule has 1 saturated heterocycles. The first-order valence-corrected chi connectivity index (χ1v) is 10.7. The highest BCUT2D eigenvalue weighted by Gasteiger charge is 2.61. The van der Waals surface area contributed by atoms with Crippen molar-refractivity contribution in [3.05, 3.63) is 40.8 Å². The van der Waals surface area contributed by atoms with Gasteiger partial charge in [0.25, 0.3) is 5.56 Å². The van der Waals surface area contributed by atoms with Crippen LogP contribution in [0.3, 0.4) is 0 Å². The van der Waals surface area contributed by atoms with Crippen LogP contribution in [0.15, 0.2) is 40.2 Å². The lowest BCUT2D eigenvalue weighted by Crippen LogP contribution is -2.44. The van der Waals surface area contributed by atoms with Gasteiger partial charge in [-0.3, -0.25) is 14.2 Å². The summed E-state index contributed by atoms with van der Waals surface area (Å²) in [6.07, 6.45) is 4.36. The van der Waals surface area contributed by atoms with E-state index in [4.69, 9.17) is 10.5 Å². The molecule has 2 fully saturated rings. The Morgan fingerprint density at radius 2 is 2.11 bits per heavy atom. The number of rotatable bonds is 5. The second-order valence-corrected chi connectivity index (χ2v) is 9.28. The van der Waals surface area contributed by atoms with Gasteiger partial charge < -0.3 is 15.0 Å². The molecule has 1 aliphatic heterocycles. The number of ether oxygens (including phenoxy) is 1. The summed E-state index contributed by atoms with van der Waals surface area (Å²) in [5, 5.41) is 1.12. The molecule has 1 aromatic heterocycles. The number of hydrogen-bond donors (Lipinski definition) is 1. The summed E-state index contributed by atoms with van der Waals surface area (Å²) in [6, 6.07) is 7.09. The topological polar surface area (TPSA) is 101 Å². The minimum atomic E-state index is -1.37. The molecule has 2 heterocycles. The van der Waals surface area contributed by atoms with Gasteiger partial charge in [-0.15, -0.1) is 4.31 Å². The van der Waals surface area contributed by atoms with Crippen molar-refractivity contribution in [2.24, 2.45) is 11.7 Å². The Labute approximate surface area is 166 Å². The molecule has 2 atom stereocenters. The number of pyridine rings is 1. The van der Waals surface area contributed by atoms with E-state index in [2.05, 4.69) is 0 Å². The second kappa shape index (κ2) is 7.18. The van der Waals surface area contributed by atoms with E-state index in [1.165, 1.54) is 4.57 Å². The van der Waals surface area contributed by atoms with Crippen molar-refractivity contribution in [3.8, 4) is 0 Å². The normalized spacial score (nSPS) is 22.1. The molecule has 2 unspecified atom stereocenters. The summed E-state index contributed by atoms with van der Waals surface area (Å²) < 4.78 is 21.9. The van der Waals surface area contributed by atoms with Crippen molar-refractivity contribution >= 4 is 28.1 Å². The van der Waals surface area contributed by atoms with Gasteiger partial charge in [0.05, 0.1) is 28.2 Å².